The van der Waals surface area contributed by atoms with Gasteiger partial charge < -0.3 is 10.4 Å². The van der Waals surface area contributed by atoms with E-state index in [2.05, 4.69) is 10.4 Å². The van der Waals surface area contributed by atoms with Crippen LogP contribution in [0.4, 0.5) is 4.39 Å². The number of amides is 1. The van der Waals surface area contributed by atoms with Crippen LogP contribution in [0, 0.1) is 19.7 Å². The summed E-state index contributed by atoms with van der Waals surface area (Å²) in [5.74, 6) is -0.539. The summed E-state index contributed by atoms with van der Waals surface area (Å²) >= 11 is 0. The van der Waals surface area contributed by atoms with E-state index in [1.165, 1.54) is 24.3 Å². The third kappa shape index (κ3) is 3.71. The first-order valence-corrected chi connectivity index (χ1v) is 7.07. The molecule has 0 fully saturated rings. The number of nitrogens with one attached hydrogen (secondary N) is 1. The number of benzene rings is 1. The van der Waals surface area contributed by atoms with E-state index in [4.69, 9.17) is 0 Å². The van der Waals surface area contributed by atoms with E-state index in [-0.39, 0.29) is 24.7 Å². The van der Waals surface area contributed by atoms with Gasteiger partial charge in [0.15, 0.2) is 0 Å². The lowest BCUT2D eigenvalue weighted by Crippen LogP contribution is -2.30. The summed E-state index contributed by atoms with van der Waals surface area (Å²) in [4.78, 5) is 12.0. The maximum absolute atomic E-state index is 12.8. The Morgan fingerprint density at radius 3 is 2.55 bits per heavy atom. The standard InChI is InChI=1S/C16H20FN3O2/c1-10-14(11(2)20(3)19-10)8-16(22)18-9-15(21)12-4-6-13(17)7-5-12/h4-7,15,21H,8-9H2,1-3H3,(H,18,22). The van der Waals surface area contributed by atoms with Gasteiger partial charge in [-0.05, 0) is 31.5 Å². The molecule has 2 N–H and O–H groups in total. The Labute approximate surface area is 128 Å². The van der Waals surface area contributed by atoms with Gasteiger partial charge in [-0.25, -0.2) is 4.39 Å². The van der Waals surface area contributed by atoms with Gasteiger partial charge in [-0.3, -0.25) is 9.48 Å². The number of halogens is 1. The van der Waals surface area contributed by atoms with E-state index in [1.54, 1.807) is 4.68 Å². The van der Waals surface area contributed by atoms with E-state index in [0.717, 1.165) is 17.0 Å². The predicted octanol–water partition coefficient (Wildman–Crippen LogP) is 1.57. The SMILES string of the molecule is Cc1nn(C)c(C)c1CC(=O)NCC(O)c1ccc(F)cc1. The third-order valence-corrected chi connectivity index (χ3v) is 3.74. The molecule has 1 aromatic carbocycles. The van der Waals surface area contributed by atoms with Crippen molar-refractivity contribution < 1.29 is 14.3 Å². The molecule has 22 heavy (non-hydrogen) atoms. The Morgan fingerprint density at radius 1 is 1.36 bits per heavy atom. The number of aryl methyl sites for hydroxylation is 2. The summed E-state index contributed by atoms with van der Waals surface area (Å²) in [5.41, 5.74) is 3.24. The highest BCUT2D eigenvalue weighted by atomic mass is 19.1. The second kappa shape index (κ2) is 6.70. The van der Waals surface area contributed by atoms with E-state index >= 15 is 0 Å². The molecule has 1 aromatic heterocycles. The van der Waals surface area contributed by atoms with Gasteiger partial charge >= 0.3 is 0 Å². The number of carbonyl (C=O) groups is 1. The molecule has 1 amide bonds. The van der Waals surface area contributed by atoms with Gasteiger partial charge in [-0.1, -0.05) is 12.1 Å². The van der Waals surface area contributed by atoms with Gasteiger partial charge in [-0.15, -0.1) is 0 Å². The molecule has 6 heteroatoms. The van der Waals surface area contributed by atoms with Crippen molar-refractivity contribution in [1.82, 2.24) is 15.1 Å². The van der Waals surface area contributed by atoms with Gasteiger partial charge in [0.2, 0.25) is 5.91 Å². The molecule has 1 atom stereocenters. The molecule has 0 aliphatic carbocycles. The quantitative estimate of drug-likeness (QED) is 0.881. The van der Waals surface area contributed by atoms with Crippen molar-refractivity contribution in [2.45, 2.75) is 26.4 Å². The van der Waals surface area contributed by atoms with Crippen LogP contribution in [0.15, 0.2) is 24.3 Å². The zero-order valence-corrected chi connectivity index (χ0v) is 12.9. The molecule has 118 valence electrons. The van der Waals surface area contributed by atoms with Crippen LogP contribution in [0.25, 0.3) is 0 Å². The largest absolute Gasteiger partial charge is 0.387 e. The highest BCUT2D eigenvalue weighted by molar-refractivity contribution is 5.79. The van der Waals surface area contributed by atoms with E-state index < -0.39 is 6.10 Å². The van der Waals surface area contributed by atoms with Crippen molar-refractivity contribution >= 4 is 5.91 Å². The minimum absolute atomic E-state index is 0.0861. The normalized spacial score (nSPS) is 12.2. The summed E-state index contributed by atoms with van der Waals surface area (Å²) in [6, 6.07) is 5.56. The van der Waals surface area contributed by atoms with Crippen LogP contribution in [0.5, 0.6) is 0 Å². The maximum Gasteiger partial charge on any atom is 0.224 e. The van der Waals surface area contributed by atoms with Crippen LogP contribution < -0.4 is 5.32 Å². The Hall–Kier alpha value is -2.21. The fourth-order valence-electron chi connectivity index (χ4n) is 2.31. The molecule has 2 aromatic rings. The van der Waals surface area contributed by atoms with Gasteiger partial charge in [-0.2, -0.15) is 5.10 Å². The molecule has 2 rings (SSSR count). The smallest absolute Gasteiger partial charge is 0.224 e. The zero-order chi connectivity index (χ0) is 16.3. The molecule has 0 radical (unpaired) electrons. The van der Waals surface area contributed by atoms with Gasteiger partial charge in [0, 0.05) is 24.8 Å². The molecule has 0 aliphatic rings. The minimum Gasteiger partial charge on any atom is -0.387 e. The van der Waals surface area contributed by atoms with E-state index in [0.29, 0.717) is 5.56 Å². The fraction of sp³-hybridized carbons (Fsp3) is 0.375. The third-order valence-electron chi connectivity index (χ3n) is 3.74. The lowest BCUT2D eigenvalue weighted by atomic mass is 10.1. The molecule has 1 heterocycles. The minimum atomic E-state index is -0.861. The van der Waals surface area contributed by atoms with Gasteiger partial charge in [0.1, 0.15) is 5.82 Å². The second-order valence-electron chi connectivity index (χ2n) is 5.32. The number of nitrogens with zero attached hydrogens (tertiary/aromatic N) is 2. The molecule has 1 unspecified atom stereocenters. The molecule has 0 saturated carbocycles. The Kier molecular flexibility index (Phi) is 4.92. The number of aromatic nitrogens is 2. The molecule has 0 saturated heterocycles. The first-order valence-electron chi connectivity index (χ1n) is 7.07. The summed E-state index contributed by atoms with van der Waals surface area (Å²) in [6.45, 7) is 3.86. The van der Waals surface area contributed by atoms with Gasteiger partial charge in [0.25, 0.3) is 0 Å². The van der Waals surface area contributed by atoms with Crippen molar-refractivity contribution in [3.8, 4) is 0 Å². The first kappa shape index (κ1) is 16.2. The van der Waals surface area contributed by atoms with Crippen LogP contribution >= 0.6 is 0 Å². The van der Waals surface area contributed by atoms with Crippen molar-refractivity contribution in [1.29, 1.82) is 0 Å². The molecular formula is C16H20FN3O2. The average molecular weight is 305 g/mol. The number of aliphatic hydroxyl groups excluding tert-OH is 1. The first-order chi connectivity index (χ1) is 10.4. The molecule has 5 nitrogen and oxygen atoms in total. The van der Waals surface area contributed by atoms with E-state index in [9.17, 15) is 14.3 Å². The highest BCUT2D eigenvalue weighted by Gasteiger charge is 2.15. The molecular weight excluding hydrogens is 285 g/mol. The van der Waals surface area contributed by atoms with E-state index in [1.807, 2.05) is 20.9 Å². The van der Waals surface area contributed by atoms with Crippen molar-refractivity contribution in [3.63, 3.8) is 0 Å². The monoisotopic (exact) mass is 305 g/mol. The van der Waals surface area contributed by atoms with Crippen LogP contribution in [0.2, 0.25) is 0 Å². The summed E-state index contributed by atoms with van der Waals surface area (Å²) < 4.78 is 14.6. The summed E-state index contributed by atoms with van der Waals surface area (Å²) in [6.07, 6.45) is -0.637. The average Bonchev–Trinajstić information content (AvgIpc) is 2.72. The number of hydrogen-bond acceptors (Lipinski definition) is 3. The second-order valence-corrected chi connectivity index (χ2v) is 5.32. The molecule has 0 spiro atoms. The lowest BCUT2D eigenvalue weighted by Gasteiger charge is -2.12. The van der Waals surface area contributed by atoms with Crippen molar-refractivity contribution in [2.75, 3.05) is 6.54 Å². The molecule has 0 aliphatic heterocycles. The number of carbonyl (C=O) groups excluding carboxylic acids is 1. The van der Waals surface area contributed by atoms with Crippen LogP contribution in [-0.4, -0.2) is 27.3 Å². The van der Waals surface area contributed by atoms with Crippen LogP contribution in [-0.2, 0) is 18.3 Å². The summed E-state index contributed by atoms with van der Waals surface area (Å²) in [5, 5.41) is 16.9. The maximum atomic E-state index is 12.8. The lowest BCUT2D eigenvalue weighted by molar-refractivity contribution is -0.120. The Morgan fingerprint density at radius 2 is 2.00 bits per heavy atom. The number of hydrogen-bond donors (Lipinski definition) is 2. The van der Waals surface area contributed by atoms with Gasteiger partial charge in [0.05, 0.1) is 18.2 Å². The molecule has 0 bridgehead atoms. The summed E-state index contributed by atoms with van der Waals surface area (Å²) in [7, 11) is 1.84. The zero-order valence-electron chi connectivity index (χ0n) is 12.9. The predicted molar refractivity (Wildman–Crippen MR) is 80.8 cm³/mol. The highest BCUT2D eigenvalue weighted by Crippen LogP contribution is 2.14. The van der Waals surface area contributed by atoms with Crippen LogP contribution in [0.1, 0.15) is 28.6 Å². The number of rotatable bonds is 5. The topological polar surface area (TPSA) is 67.2 Å². The van der Waals surface area contributed by atoms with Crippen molar-refractivity contribution in [2.24, 2.45) is 7.05 Å². The van der Waals surface area contributed by atoms with Crippen LogP contribution in [0.3, 0.4) is 0 Å². The number of aliphatic hydroxyl groups is 1. The fourth-order valence-corrected chi connectivity index (χ4v) is 2.31. The Balaban J connectivity index is 1.91. The van der Waals surface area contributed by atoms with Crippen molar-refractivity contribution in [3.05, 3.63) is 52.6 Å². The Bertz CT molecular complexity index is 665.